The standard InChI is InChI=1S/C11H8O7/c1-18-11(17)8(12)7-5(9(13)14)3-2-4-6(7)10(15)16/h2-4H,1H3,(H,13,14)(H,15,16). The molecule has 1 aromatic rings. The summed E-state index contributed by atoms with van der Waals surface area (Å²) in [4.78, 5) is 44.6. The van der Waals surface area contributed by atoms with Crippen molar-refractivity contribution in [1.82, 2.24) is 0 Å². The second-order valence-corrected chi connectivity index (χ2v) is 3.16. The maximum absolute atomic E-state index is 11.6. The van der Waals surface area contributed by atoms with Crippen LogP contribution in [-0.2, 0) is 9.53 Å². The summed E-state index contributed by atoms with van der Waals surface area (Å²) in [5, 5.41) is 17.8. The summed E-state index contributed by atoms with van der Waals surface area (Å²) in [6.07, 6.45) is 0. The van der Waals surface area contributed by atoms with E-state index in [0.29, 0.717) is 0 Å². The average Bonchev–Trinajstić information content (AvgIpc) is 2.35. The van der Waals surface area contributed by atoms with Crippen molar-refractivity contribution in [1.29, 1.82) is 0 Å². The van der Waals surface area contributed by atoms with Crippen LogP contribution in [-0.4, -0.2) is 41.0 Å². The van der Waals surface area contributed by atoms with Gasteiger partial charge in [0.2, 0.25) is 0 Å². The van der Waals surface area contributed by atoms with E-state index in [1.165, 1.54) is 6.07 Å². The average molecular weight is 252 g/mol. The molecule has 7 heteroatoms. The monoisotopic (exact) mass is 252 g/mol. The lowest BCUT2D eigenvalue weighted by Crippen LogP contribution is -2.22. The summed E-state index contributed by atoms with van der Waals surface area (Å²) >= 11 is 0. The van der Waals surface area contributed by atoms with Gasteiger partial charge in [-0.05, 0) is 12.1 Å². The van der Waals surface area contributed by atoms with Crippen LogP contribution in [0.5, 0.6) is 0 Å². The maximum atomic E-state index is 11.6. The van der Waals surface area contributed by atoms with Crippen LogP contribution in [0.15, 0.2) is 18.2 Å². The van der Waals surface area contributed by atoms with Gasteiger partial charge >= 0.3 is 17.9 Å². The number of aromatic carboxylic acids is 2. The van der Waals surface area contributed by atoms with Gasteiger partial charge in [-0.1, -0.05) is 6.07 Å². The van der Waals surface area contributed by atoms with Crippen molar-refractivity contribution in [2.75, 3.05) is 7.11 Å². The van der Waals surface area contributed by atoms with Gasteiger partial charge in [0.25, 0.3) is 5.78 Å². The number of hydrogen-bond acceptors (Lipinski definition) is 5. The molecule has 0 spiro atoms. The van der Waals surface area contributed by atoms with Gasteiger partial charge in [-0.2, -0.15) is 0 Å². The van der Waals surface area contributed by atoms with Gasteiger partial charge in [0, 0.05) is 0 Å². The van der Waals surface area contributed by atoms with Crippen LogP contribution in [0.25, 0.3) is 0 Å². The predicted octanol–water partition coefficient (Wildman–Crippen LogP) is 0.439. The van der Waals surface area contributed by atoms with E-state index >= 15 is 0 Å². The molecule has 0 saturated heterocycles. The molecule has 0 radical (unpaired) electrons. The Morgan fingerprint density at radius 2 is 1.44 bits per heavy atom. The van der Waals surface area contributed by atoms with Crippen molar-refractivity contribution >= 4 is 23.7 Å². The molecular formula is C11H8O7. The lowest BCUT2D eigenvalue weighted by Gasteiger charge is -2.07. The van der Waals surface area contributed by atoms with Crippen molar-refractivity contribution in [3.05, 3.63) is 34.9 Å². The van der Waals surface area contributed by atoms with Crippen molar-refractivity contribution in [2.24, 2.45) is 0 Å². The Bertz CT molecular complexity index is 512. The Morgan fingerprint density at radius 1 is 1.00 bits per heavy atom. The molecule has 0 fully saturated rings. The third kappa shape index (κ3) is 2.34. The third-order valence-corrected chi connectivity index (χ3v) is 2.12. The number of ether oxygens (including phenoxy) is 1. The molecule has 2 N–H and O–H groups in total. The first kappa shape index (κ1) is 13.4. The molecule has 0 unspecified atom stereocenters. The molecule has 0 aliphatic heterocycles. The molecule has 1 aromatic carbocycles. The van der Waals surface area contributed by atoms with E-state index in [4.69, 9.17) is 10.2 Å². The normalized spacial score (nSPS) is 9.61. The molecule has 0 atom stereocenters. The Hall–Kier alpha value is -2.70. The lowest BCUT2D eigenvalue weighted by atomic mass is 9.97. The van der Waals surface area contributed by atoms with Crippen molar-refractivity contribution in [3.63, 3.8) is 0 Å². The minimum atomic E-state index is -1.51. The molecule has 18 heavy (non-hydrogen) atoms. The number of carbonyl (C=O) groups excluding carboxylic acids is 2. The molecule has 0 aromatic heterocycles. The maximum Gasteiger partial charge on any atom is 0.379 e. The zero-order valence-electron chi connectivity index (χ0n) is 9.17. The van der Waals surface area contributed by atoms with Gasteiger partial charge in [-0.3, -0.25) is 4.79 Å². The summed E-state index contributed by atoms with van der Waals surface area (Å²) < 4.78 is 4.16. The summed E-state index contributed by atoms with van der Waals surface area (Å²) in [5.74, 6) is -5.66. The van der Waals surface area contributed by atoms with E-state index in [9.17, 15) is 19.2 Å². The number of Topliss-reactive ketones (excluding diaryl/α,β-unsaturated/α-hetero) is 1. The van der Waals surface area contributed by atoms with E-state index in [2.05, 4.69) is 4.74 Å². The number of rotatable bonds is 4. The Morgan fingerprint density at radius 3 is 1.78 bits per heavy atom. The Balaban J connectivity index is 3.55. The van der Waals surface area contributed by atoms with Gasteiger partial charge in [0.1, 0.15) is 0 Å². The first-order valence-corrected chi connectivity index (χ1v) is 4.62. The van der Waals surface area contributed by atoms with Crippen LogP contribution in [0, 0.1) is 0 Å². The summed E-state index contributed by atoms with van der Waals surface area (Å²) in [5.41, 5.74) is -1.82. The molecule has 0 heterocycles. The van der Waals surface area contributed by atoms with Gasteiger partial charge in [0.15, 0.2) is 0 Å². The first-order chi connectivity index (χ1) is 8.40. The second-order valence-electron chi connectivity index (χ2n) is 3.16. The minimum Gasteiger partial charge on any atom is -0.478 e. The van der Waals surface area contributed by atoms with Gasteiger partial charge in [0.05, 0.1) is 23.8 Å². The Kier molecular flexibility index (Phi) is 3.78. The van der Waals surface area contributed by atoms with E-state index < -0.39 is 40.4 Å². The number of carboxylic acids is 2. The van der Waals surface area contributed by atoms with Crippen LogP contribution in [0.4, 0.5) is 0 Å². The molecule has 7 nitrogen and oxygen atoms in total. The molecule has 0 bridgehead atoms. The van der Waals surface area contributed by atoms with Gasteiger partial charge < -0.3 is 14.9 Å². The molecule has 0 saturated carbocycles. The smallest absolute Gasteiger partial charge is 0.379 e. The minimum absolute atomic E-state index is 0.565. The molecule has 1 rings (SSSR count). The molecule has 0 aliphatic rings. The number of benzene rings is 1. The van der Waals surface area contributed by atoms with Crippen LogP contribution < -0.4 is 0 Å². The highest BCUT2D eigenvalue weighted by atomic mass is 16.5. The van der Waals surface area contributed by atoms with Crippen molar-refractivity contribution < 1.29 is 34.1 Å². The number of carboxylic acid groups (broad SMARTS) is 2. The number of esters is 1. The number of methoxy groups -OCH3 is 1. The van der Waals surface area contributed by atoms with E-state index in [0.717, 1.165) is 19.2 Å². The number of carbonyl (C=O) groups is 4. The molecule has 0 amide bonds. The highest BCUT2D eigenvalue weighted by Gasteiger charge is 2.28. The summed E-state index contributed by atoms with van der Waals surface area (Å²) in [6.45, 7) is 0. The van der Waals surface area contributed by atoms with Crippen LogP contribution in [0.3, 0.4) is 0 Å². The van der Waals surface area contributed by atoms with Crippen LogP contribution >= 0.6 is 0 Å². The predicted molar refractivity (Wildman–Crippen MR) is 56.7 cm³/mol. The highest BCUT2D eigenvalue weighted by Crippen LogP contribution is 2.17. The number of ketones is 1. The molecular weight excluding hydrogens is 244 g/mol. The van der Waals surface area contributed by atoms with Crippen molar-refractivity contribution in [3.8, 4) is 0 Å². The number of hydrogen-bond donors (Lipinski definition) is 2. The highest BCUT2D eigenvalue weighted by molar-refractivity contribution is 6.43. The zero-order valence-corrected chi connectivity index (χ0v) is 9.17. The third-order valence-electron chi connectivity index (χ3n) is 2.12. The van der Waals surface area contributed by atoms with E-state index in [1.807, 2.05) is 0 Å². The second kappa shape index (κ2) is 5.09. The molecule has 0 aliphatic carbocycles. The Labute approximate surface area is 101 Å². The van der Waals surface area contributed by atoms with E-state index in [1.54, 1.807) is 0 Å². The zero-order chi connectivity index (χ0) is 13.9. The largest absolute Gasteiger partial charge is 0.478 e. The van der Waals surface area contributed by atoms with Crippen LogP contribution in [0.1, 0.15) is 31.1 Å². The summed E-state index contributed by atoms with van der Waals surface area (Å²) in [7, 11) is 0.935. The van der Waals surface area contributed by atoms with Crippen LogP contribution in [0.2, 0.25) is 0 Å². The fourth-order valence-corrected chi connectivity index (χ4v) is 1.35. The van der Waals surface area contributed by atoms with Gasteiger partial charge in [-0.25, -0.2) is 14.4 Å². The molecule has 94 valence electrons. The fraction of sp³-hybridized carbons (Fsp3) is 0.0909. The first-order valence-electron chi connectivity index (χ1n) is 4.62. The SMILES string of the molecule is COC(=O)C(=O)c1c(C(=O)O)cccc1C(=O)O. The lowest BCUT2D eigenvalue weighted by molar-refractivity contribution is -0.135. The topological polar surface area (TPSA) is 118 Å². The van der Waals surface area contributed by atoms with E-state index in [-0.39, 0.29) is 0 Å². The van der Waals surface area contributed by atoms with Gasteiger partial charge in [-0.15, -0.1) is 0 Å². The quantitative estimate of drug-likeness (QED) is 0.453. The summed E-state index contributed by atoms with van der Waals surface area (Å²) in [6, 6.07) is 3.23. The fourth-order valence-electron chi connectivity index (χ4n) is 1.35. The van der Waals surface area contributed by atoms with Crippen molar-refractivity contribution in [2.45, 2.75) is 0 Å².